The van der Waals surface area contributed by atoms with E-state index in [1.165, 1.54) is 11.3 Å². The fourth-order valence-electron chi connectivity index (χ4n) is 3.40. The number of thiophene rings is 1. The maximum atomic E-state index is 13.0. The fourth-order valence-corrected chi connectivity index (χ4v) is 4.04. The molecule has 0 unspecified atom stereocenters. The normalized spacial score (nSPS) is 10.5. The van der Waals surface area contributed by atoms with Crippen molar-refractivity contribution in [2.24, 2.45) is 0 Å². The molecule has 0 fully saturated rings. The average Bonchev–Trinajstić information content (AvgIpc) is 3.44. The molecule has 178 valence electrons. The summed E-state index contributed by atoms with van der Waals surface area (Å²) in [6.07, 6.45) is 0. The van der Waals surface area contributed by atoms with Crippen LogP contribution in [0.15, 0.2) is 65.4 Å². The first kappa shape index (κ1) is 23.7. The van der Waals surface area contributed by atoms with E-state index in [-0.39, 0.29) is 12.5 Å². The van der Waals surface area contributed by atoms with Crippen molar-refractivity contribution in [3.63, 3.8) is 0 Å². The highest BCUT2D eigenvalue weighted by Gasteiger charge is 2.16. The van der Waals surface area contributed by atoms with Crippen LogP contribution in [0.3, 0.4) is 0 Å². The van der Waals surface area contributed by atoms with Crippen LogP contribution in [0.1, 0.15) is 20.7 Å². The minimum Gasteiger partial charge on any atom is -0.493 e. The summed E-state index contributed by atoms with van der Waals surface area (Å²) in [5.74, 6) is -0.359. The second kappa shape index (κ2) is 10.7. The third-order valence-corrected chi connectivity index (χ3v) is 5.83. The maximum Gasteiger partial charge on any atom is 0.270 e. The number of pyridine rings is 1. The number of para-hydroxylation sites is 1. The van der Waals surface area contributed by atoms with Gasteiger partial charge in [0, 0.05) is 21.9 Å². The van der Waals surface area contributed by atoms with Gasteiger partial charge in [-0.05, 0) is 41.8 Å². The smallest absolute Gasteiger partial charge is 0.270 e. The molecule has 35 heavy (non-hydrogen) atoms. The summed E-state index contributed by atoms with van der Waals surface area (Å²) in [6.45, 7) is -0.289. The van der Waals surface area contributed by atoms with Crippen LogP contribution < -0.4 is 25.6 Å². The van der Waals surface area contributed by atoms with Gasteiger partial charge in [0.1, 0.15) is 0 Å². The molecule has 0 aliphatic heterocycles. The number of nitrogens with one attached hydrogen (secondary N) is 3. The van der Waals surface area contributed by atoms with Crippen molar-refractivity contribution < 1.29 is 23.9 Å². The second-order valence-corrected chi connectivity index (χ2v) is 8.12. The molecule has 10 heteroatoms. The Kier molecular flexibility index (Phi) is 7.22. The minimum atomic E-state index is -0.569. The number of benzene rings is 2. The molecule has 0 atom stereocenters. The monoisotopic (exact) mass is 490 g/mol. The van der Waals surface area contributed by atoms with Gasteiger partial charge in [-0.25, -0.2) is 4.98 Å². The molecule has 0 aliphatic rings. The Morgan fingerprint density at radius 1 is 0.914 bits per heavy atom. The van der Waals surface area contributed by atoms with Crippen molar-refractivity contribution >= 4 is 40.0 Å². The van der Waals surface area contributed by atoms with Crippen LogP contribution in [0, 0.1) is 0 Å². The fraction of sp³-hybridized carbons (Fsp3) is 0.120. The number of carbonyl (C=O) groups is 3. The van der Waals surface area contributed by atoms with Crippen molar-refractivity contribution in [3.05, 3.63) is 76.5 Å². The number of hydrogen-bond acceptors (Lipinski definition) is 7. The summed E-state index contributed by atoms with van der Waals surface area (Å²) in [6, 6.07) is 15.9. The lowest BCUT2D eigenvalue weighted by Gasteiger charge is -2.13. The lowest BCUT2D eigenvalue weighted by molar-refractivity contribution is -0.120. The van der Waals surface area contributed by atoms with E-state index in [4.69, 9.17) is 9.47 Å². The number of methoxy groups -OCH3 is 2. The number of amides is 3. The molecule has 4 rings (SSSR count). The number of carbonyl (C=O) groups excluding carboxylic acids is 3. The first-order chi connectivity index (χ1) is 17.0. The Hall–Kier alpha value is -4.44. The van der Waals surface area contributed by atoms with E-state index in [0.717, 1.165) is 5.56 Å². The second-order valence-electron chi connectivity index (χ2n) is 7.34. The molecule has 2 aromatic carbocycles. The van der Waals surface area contributed by atoms with E-state index >= 15 is 0 Å². The number of hydrazine groups is 1. The van der Waals surface area contributed by atoms with Gasteiger partial charge in [0.05, 0.1) is 37.5 Å². The molecule has 0 aliphatic carbocycles. The number of fused-ring (bicyclic) bond motifs is 1. The Morgan fingerprint density at radius 3 is 2.46 bits per heavy atom. The summed E-state index contributed by atoms with van der Waals surface area (Å²) < 4.78 is 10.7. The average molecular weight is 491 g/mol. The van der Waals surface area contributed by atoms with Gasteiger partial charge in [-0.15, -0.1) is 0 Å². The SMILES string of the molecule is COc1ccc(-c2cc(C(=O)NNC(=O)CNC(=O)c3ccsc3)c3ccccc3n2)cc1OC. The molecule has 2 heterocycles. The zero-order chi connectivity index (χ0) is 24.8. The van der Waals surface area contributed by atoms with Crippen LogP contribution in [0.4, 0.5) is 0 Å². The first-order valence-electron chi connectivity index (χ1n) is 10.5. The molecule has 3 amide bonds. The quantitative estimate of drug-likeness (QED) is 0.343. The summed E-state index contributed by atoms with van der Waals surface area (Å²) in [4.78, 5) is 41.8. The molecule has 0 bridgehead atoms. The van der Waals surface area contributed by atoms with Gasteiger partial charge in [0.2, 0.25) is 0 Å². The van der Waals surface area contributed by atoms with Crippen molar-refractivity contribution in [1.29, 1.82) is 0 Å². The lowest BCUT2D eigenvalue weighted by Crippen LogP contribution is -2.46. The van der Waals surface area contributed by atoms with Crippen molar-refractivity contribution in [3.8, 4) is 22.8 Å². The van der Waals surface area contributed by atoms with Gasteiger partial charge in [-0.1, -0.05) is 18.2 Å². The van der Waals surface area contributed by atoms with Crippen LogP contribution >= 0.6 is 11.3 Å². The molecular weight excluding hydrogens is 468 g/mol. The highest BCUT2D eigenvalue weighted by Crippen LogP contribution is 2.33. The number of rotatable bonds is 7. The van der Waals surface area contributed by atoms with Crippen molar-refractivity contribution in [1.82, 2.24) is 21.2 Å². The van der Waals surface area contributed by atoms with Crippen molar-refractivity contribution in [2.45, 2.75) is 0 Å². The molecular formula is C25H22N4O5S. The van der Waals surface area contributed by atoms with Gasteiger partial charge < -0.3 is 14.8 Å². The number of nitrogens with zero attached hydrogens (tertiary/aromatic N) is 1. The third kappa shape index (κ3) is 5.39. The third-order valence-electron chi connectivity index (χ3n) is 5.15. The van der Waals surface area contributed by atoms with Crippen LogP contribution in [-0.4, -0.2) is 43.5 Å². The maximum absolute atomic E-state index is 13.0. The first-order valence-corrected chi connectivity index (χ1v) is 11.5. The number of hydrogen-bond donors (Lipinski definition) is 3. The molecule has 0 radical (unpaired) electrons. The van der Waals surface area contributed by atoms with Gasteiger partial charge in [0.25, 0.3) is 17.7 Å². The lowest BCUT2D eigenvalue weighted by atomic mass is 10.0. The predicted octanol–water partition coefficient (Wildman–Crippen LogP) is 3.17. The van der Waals surface area contributed by atoms with Gasteiger partial charge in [0.15, 0.2) is 11.5 Å². The van der Waals surface area contributed by atoms with Crippen LogP contribution in [0.25, 0.3) is 22.2 Å². The van der Waals surface area contributed by atoms with Crippen LogP contribution in [0.5, 0.6) is 11.5 Å². The largest absolute Gasteiger partial charge is 0.493 e. The number of ether oxygens (including phenoxy) is 2. The van der Waals surface area contributed by atoms with Gasteiger partial charge in [-0.2, -0.15) is 11.3 Å². The Morgan fingerprint density at radius 2 is 1.71 bits per heavy atom. The molecule has 4 aromatic rings. The Balaban J connectivity index is 1.52. The molecule has 3 N–H and O–H groups in total. The van der Waals surface area contributed by atoms with Gasteiger partial charge in [-0.3, -0.25) is 25.2 Å². The highest BCUT2D eigenvalue weighted by atomic mass is 32.1. The van der Waals surface area contributed by atoms with E-state index < -0.39 is 11.8 Å². The molecule has 0 saturated carbocycles. The number of aromatic nitrogens is 1. The zero-order valence-corrected chi connectivity index (χ0v) is 19.8. The van der Waals surface area contributed by atoms with Crippen molar-refractivity contribution in [2.75, 3.05) is 20.8 Å². The van der Waals surface area contributed by atoms with E-state index in [2.05, 4.69) is 21.2 Å². The standard InChI is InChI=1S/C25H22N4O5S/c1-33-21-8-7-15(11-22(21)34-2)20-12-18(17-5-3-4-6-19(17)27-20)25(32)29-28-23(30)13-26-24(31)16-9-10-35-14-16/h3-12,14H,13H2,1-2H3,(H,26,31)(H,28,30)(H,29,32). The molecule has 2 aromatic heterocycles. The summed E-state index contributed by atoms with van der Waals surface area (Å²) in [5.41, 5.74) is 7.41. The topological polar surface area (TPSA) is 119 Å². The highest BCUT2D eigenvalue weighted by molar-refractivity contribution is 7.08. The van der Waals surface area contributed by atoms with Gasteiger partial charge >= 0.3 is 0 Å². The van der Waals surface area contributed by atoms with Crippen LogP contribution in [-0.2, 0) is 4.79 Å². The molecule has 0 spiro atoms. The summed E-state index contributed by atoms with van der Waals surface area (Å²) >= 11 is 1.38. The summed E-state index contributed by atoms with van der Waals surface area (Å²) in [5, 5.41) is 6.57. The summed E-state index contributed by atoms with van der Waals surface area (Å²) in [7, 11) is 3.09. The van der Waals surface area contributed by atoms with Crippen LogP contribution in [0.2, 0.25) is 0 Å². The van der Waals surface area contributed by atoms with E-state index in [9.17, 15) is 14.4 Å². The molecule has 9 nitrogen and oxygen atoms in total. The Bertz CT molecular complexity index is 1390. The van der Waals surface area contributed by atoms with E-state index in [1.54, 1.807) is 67.4 Å². The Labute approximate surface area is 205 Å². The van der Waals surface area contributed by atoms with E-state index in [0.29, 0.717) is 39.2 Å². The predicted molar refractivity (Wildman–Crippen MR) is 133 cm³/mol. The molecule has 0 saturated heterocycles. The zero-order valence-electron chi connectivity index (χ0n) is 19.0. The van der Waals surface area contributed by atoms with E-state index in [1.807, 2.05) is 12.1 Å². The minimum absolute atomic E-state index is 0.289.